The third-order valence-electron chi connectivity index (χ3n) is 3.04. The summed E-state index contributed by atoms with van der Waals surface area (Å²) in [5.41, 5.74) is 9.76. The van der Waals surface area contributed by atoms with Gasteiger partial charge in [0, 0.05) is 19.3 Å². The lowest BCUT2D eigenvalue weighted by Gasteiger charge is -2.28. The summed E-state index contributed by atoms with van der Waals surface area (Å²) < 4.78 is 0. The second-order valence-corrected chi connectivity index (χ2v) is 4.20. The Hall–Kier alpha value is -1.28. The van der Waals surface area contributed by atoms with Gasteiger partial charge >= 0.3 is 0 Å². The first kappa shape index (κ1) is 10.2. The molecule has 2 heteroatoms. The van der Waals surface area contributed by atoms with Gasteiger partial charge in [-0.15, -0.1) is 0 Å². The molecule has 1 unspecified atom stereocenters. The van der Waals surface area contributed by atoms with Crippen molar-refractivity contribution in [3.05, 3.63) is 35.4 Å². The van der Waals surface area contributed by atoms with Gasteiger partial charge in [-0.25, -0.2) is 0 Å². The molecular formula is C13H18N2. The molecule has 0 aromatic heterocycles. The van der Waals surface area contributed by atoms with Crippen LogP contribution in [-0.4, -0.2) is 20.1 Å². The highest BCUT2D eigenvalue weighted by molar-refractivity contribution is 5.74. The lowest BCUT2D eigenvalue weighted by molar-refractivity contribution is 0.768. The van der Waals surface area contributed by atoms with Crippen molar-refractivity contribution in [3.8, 4) is 0 Å². The zero-order valence-electron chi connectivity index (χ0n) is 9.40. The lowest BCUT2D eigenvalue weighted by atomic mass is 9.94. The molecule has 0 amide bonds. The van der Waals surface area contributed by atoms with Gasteiger partial charge in [0.25, 0.3) is 0 Å². The molecule has 1 heterocycles. The second kappa shape index (κ2) is 4.07. The van der Waals surface area contributed by atoms with Crippen molar-refractivity contribution in [3.63, 3.8) is 0 Å². The normalized spacial score (nSPS) is 16.3. The van der Waals surface area contributed by atoms with E-state index in [0.29, 0.717) is 12.5 Å². The van der Waals surface area contributed by atoms with E-state index in [1.807, 2.05) is 0 Å². The van der Waals surface area contributed by atoms with Crippen molar-refractivity contribution in [1.29, 1.82) is 0 Å². The number of benzene rings is 1. The Labute approximate surface area is 91.4 Å². The molecule has 1 aliphatic rings. The predicted octanol–water partition coefficient (Wildman–Crippen LogP) is 2.21. The molecule has 1 aliphatic heterocycles. The van der Waals surface area contributed by atoms with Crippen LogP contribution in [0.5, 0.6) is 0 Å². The molecule has 0 aliphatic carbocycles. The number of nitrogens with zero attached hydrogens (tertiary/aromatic N) is 1. The molecule has 1 aromatic rings. The first-order valence-corrected chi connectivity index (χ1v) is 5.44. The van der Waals surface area contributed by atoms with Crippen LogP contribution in [0, 0.1) is 0 Å². The summed E-state index contributed by atoms with van der Waals surface area (Å²) in [6, 6.07) is 6.46. The summed E-state index contributed by atoms with van der Waals surface area (Å²) in [6.45, 7) is 3.87. The van der Waals surface area contributed by atoms with Crippen LogP contribution in [0.3, 0.4) is 0 Å². The minimum atomic E-state index is 0.425. The van der Waals surface area contributed by atoms with Crippen molar-refractivity contribution >= 4 is 11.8 Å². The Morgan fingerprint density at radius 1 is 1.47 bits per heavy atom. The summed E-state index contributed by atoms with van der Waals surface area (Å²) in [7, 11) is 2.13. The van der Waals surface area contributed by atoms with E-state index < -0.39 is 0 Å². The highest BCUT2D eigenvalue weighted by Crippen LogP contribution is 2.33. The standard InChI is InChI=1S/C13H18N2/c1-10(9-14)12-7-3-5-11-6-4-8-15(2)13(11)12/h3-7,10H,8-9,14H2,1-2H3. The van der Waals surface area contributed by atoms with E-state index in [-0.39, 0.29) is 0 Å². The number of hydrogen-bond donors (Lipinski definition) is 1. The Balaban J connectivity index is 2.52. The quantitative estimate of drug-likeness (QED) is 0.796. The fourth-order valence-corrected chi connectivity index (χ4v) is 2.11. The highest BCUT2D eigenvalue weighted by atomic mass is 15.1. The van der Waals surface area contributed by atoms with E-state index in [1.54, 1.807) is 0 Å². The molecule has 0 bridgehead atoms. The molecule has 0 saturated heterocycles. The molecule has 2 nitrogen and oxygen atoms in total. The van der Waals surface area contributed by atoms with Crippen LogP contribution in [0.25, 0.3) is 6.08 Å². The fraction of sp³-hybridized carbons (Fsp3) is 0.385. The molecule has 1 aromatic carbocycles. The maximum Gasteiger partial charge on any atom is 0.0475 e. The van der Waals surface area contributed by atoms with E-state index in [1.165, 1.54) is 16.8 Å². The maximum absolute atomic E-state index is 5.75. The average Bonchev–Trinajstić information content (AvgIpc) is 2.28. The first-order valence-electron chi connectivity index (χ1n) is 5.44. The van der Waals surface area contributed by atoms with Gasteiger partial charge in [-0.2, -0.15) is 0 Å². The number of nitrogens with two attached hydrogens (primary N) is 1. The number of anilines is 1. The van der Waals surface area contributed by atoms with Crippen LogP contribution in [0.2, 0.25) is 0 Å². The molecule has 0 saturated carbocycles. The van der Waals surface area contributed by atoms with E-state index >= 15 is 0 Å². The first-order chi connectivity index (χ1) is 7.24. The van der Waals surface area contributed by atoms with Crippen molar-refractivity contribution in [2.45, 2.75) is 12.8 Å². The number of rotatable bonds is 2. The monoisotopic (exact) mass is 202 g/mol. The van der Waals surface area contributed by atoms with E-state index in [9.17, 15) is 0 Å². The van der Waals surface area contributed by atoms with Crippen LogP contribution in [0.1, 0.15) is 24.0 Å². The number of fused-ring (bicyclic) bond motifs is 1. The Morgan fingerprint density at radius 3 is 3.00 bits per heavy atom. The van der Waals surface area contributed by atoms with Gasteiger partial charge in [-0.1, -0.05) is 37.3 Å². The molecule has 2 rings (SSSR count). The van der Waals surface area contributed by atoms with Crippen LogP contribution in [0.15, 0.2) is 24.3 Å². The van der Waals surface area contributed by atoms with Crippen LogP contribution in [0.4, 0.5) is 5.69 Å². The largest absolute Gasteiger partial charge is 0.370 e. The van der Waals surface area contributed by atoms with Gasteiger partial charge in [0.2, 0.25) is 0 Å². The zero-order valence-corrected chi connectivity index (χ0v) is 9.40. The van der Waals surface area contributed by atoms with E-state index in [2.05, 4.69) is 49.2 Å². The van der Waals surface area contributed by atoms with Gasteiger partial charge in [-0.05, 0) is 23.6 Å². The SMILES string of the molecule is CC(CN)c1cccc2c1N(C)CC=C2. The number of hydrogen-bond acceptors (Lipinski definition) is 2. The van der Waals surface area contributed by atoms with Gasteiger partial charge in [0.1, 0.15) is 0 Å². The molecule has 2 N–H and O–H groups in total. The maximum atomic E-state index is 5.75. The minimum absolute atomic E-state index is 0.425. The van der Waals surface area contributed by atoms with Crippen molar-refractivity contribution in [2.24, 2.45) is 5.73 Å². The summed E-state index contributed by atoms with van der Waals surface area (Å²) in [5.74, 6) is 0.425. The predicted molar refractivity (Wildman–Crippen MR) is 66.2 cm³/mol. The van der Waals surface area contributed by atoms with Gasteiger partial charge in [0.15, 0.2) is 0 Å². The van der Waals surface area contributed by atoms with Gasteiger partial charge in [0.05, 0.1) is 0 Å². The van der Waals surface area contributed by atoms with Crippen LogP contribution < -0.4 is 10.6 Å². The average molecular weight is 202 g/mol. The van der Waals surface area contributed by atoms with E-state index in [0.717, 1.165) is 6.54 Å². The Bertz CT molecular complexity index is 382. The molecule has 0 fully saturated rings. The third-order valence-corrected chi connectivity index (χ3v) is 3.04. The summed E-state index contributed by atoms with van der Waals surface area (Å²) in [5, 5.41) is 0. The van der Waals surface area contributed by atoms with Crippen molar-refractivity contribution in [2.75, 3.05) is 25.0 Å². The minimum Gasteiger partial charge on any atom is -0.370 e. The van der Waals surface area contributed by atoms with Gasteiger partial charge < -0.3 is 10.6 Å². The molecule has 0 radical (unpaired) electrons. The summed E-state index contributed by atoms with van der Waals surface area (Å²) in [6.07, 6.45) is 4.39. The fourth-order valence-electron chi connectivity index (χ4n) is 2.11. The molecular weight excluding hydrogens is 184 g/mol. The third kappa shape index (κ3) is 1.77. The van der Waals surface area contributed by atoms with E-state index in [4.69, 9.17) is 5.73 Å². The molecule has 1 atom stereocenters. The van der Waals surface area contributed by atoms with Crippen molar-refractivity contribution < 1.29 is 0 Å². The summed E-state index contributed by atoms with van der Waals surface area (Å²) in [4.78, 5) is 2.29. The Morgan fingerprint density at radius 2 is 2.27 bits per heavy atom. The number of likely N-dealkylation sites (N-methyl/N-ethyl adjacent to an activating group) is 1. The lowest BCUT2D eigenvalue weighted by Crippen LogP contribution is -2.23. The van der Waals surface area contributed by atoms with Crippen LogP contribution >= 0.6 is 0 Å². The smallest absolute Gasteiger partial charge is 0.0475 e. The zero-order chi connectivity index (χ0) is 10.8. The number of para-hydroxylation sites is 1. The molecule has 0 spiro atoms. The molecule has 15 heavy (non-hydrogen) atoms. The molecule has 80 valence electrons. The topological polar surface area (TPSA) is 29.3 Å². The Kier molecular flexibility index (Phi) is 2.78. The highest BCUT2D eigenvalue weighted by Gasteiger charge is 2.16. The van der Waals surface area contributed by atoms with Gasteiger partial charge in [-0.3, -0.25) is 0 Å². The summed E-state index contributed by atoms with van der Waals surface area (Å²) >= 11 is 0. The van der Waals surface area contributed by atoms with Crippen molar-refractivity contribution in [1.82, 2.24) is 0 Å². The van der Waals surface area contributed by atoms with Crippen LogP contribution in [-0.2, 0) is 0 Å². The second-order valence-electron chi connectivity index (χ2n) is 4.20.